The Hall–Kier alpha value is -1.16. The molecule has 4 saturated carbocycles. The highest BCUT2D eigenvalue weighted by molar-refractivity contribution is 5.95. The molecule has 4 bridgehead atoms. The predicted octanol–water partition coefficient (Wildman–Crippen LogP) is 2.59. The largest absolute Gasteiger partial charge is 0.437 e. The second-order valence-corrected chi connectivity index (χ2v) is 7.26. The number of rotatable bonds is 3. The molecule has 0 atom stereocenters. The fourth-order valence-electron chi connectivity index (χ4n) is 5.35. The van der Waals surface area contributed by atoms with E-state index in [1.807, 2.05) is 6.92 Å². The quantitative estimate of drug-likeness (QED) is 0.860. The summed E-state index contributed by atoms with van der Waals surface area (Å²) in [5, 5.41) is 0. The summed E-state index contributed by atoms with van der Waals surface area (Å²) in [5.74, 6) is 3.63. The topological polar surface area (TPSA) is 69.1 Å². The van der Waals surface area contributed by atoms with Crippen LogP contribution in [0, 0.1) is 24.7 Å². The molecule has 4 aliphatic rings. The van der Waals surface area contributed by atoms with Crippen LogP contribution in [-0.4, -0.2) is 17.3 Å². The number of hydrogen-bond donors (Lipinski definition) is 1. The van der Waals surface area contributed by atoms with E-state index >= 15 is 0 Å². The lowest BCUT2D eigenvalue weighted by molar-refractivity contribution is -0.0180. The van der Waals surface area contributed by atoms with Crippen molar-refractivity contribution in [2.24, 2.45) is 23.5 Å². The highest BCUT2D eigenvalue weighted by atomic mass is 16.4. The van der Waals surface area contributed by atoms with Crippen LogP contribution in [0.3, 0.4) is 0 Å². The van der Waals surface area contributed by atoms with Gasteiger partial charge >= 0.3 is 0 Å². The smallest absolute Gasteiger partial charge is 0.213 e. The molecule has 0 aromatic carbocycles. The zero-order chi connectivity index (χ0) is 13.9. The number of Topliss-reactive ketones (excluding diaryl/α,β-unsaturated/α-hetero) is 1. The summed E-state index contributed by atoms with van der Waals surface area (Å²) in [5.41, 5.74) is 6.28. The highest BCUT2D eigenvalue weighted by Crippen LogP contribution is 2.60. The number of carbonyl (C=O) groups excluding carboxylic acids is 1. The number of nitrogens with zero attached hydrogens (tertiary/aromatic N) is 1. The molecule has 4 nitrogen and oxygen atoms in total. The lowest BCUT2D eigenvalue weighted by atomic mass is 9.49. The maximum atomic E-state index is 11.8. The van der Waals surface area contributed by atoms with Crippen molar-refractivity contribution in [2.75, 3.05) is 6.54 Å². The Morgan fingerprint density at radius 2 is 1.80 bits per heavy atom. The van der Waals surface area contributed by atoms with Gasteiger partial charge in [-0.1, -0.05) is 0 Å². The van der Waals surface area contributed by atoms with Gasteiger partial charge in [-0.3, -0.25) is 4.79 Å². The van der Waals surface area contributed by atoms with Crippen molar-refractivity contribution in [2.45, 2.75) is 50.9 Å². The summed E-state index contributed by atoms with van der Waals surface area (Å²) >= 11 is 0. The minimum Gasteiger partial charge on any atom is -0.437 e. The van der Waals surface area contributed by atoms with Crippen LogP contribution in [0.1, 0.15) is 60.7 Å². The van der Waals surface area contributed by atoms with Crippen LogP contribution in [0.4, 0.5) is 0 Å². The molecule has 0 amide bonds. The highest BCUT2D eigenvalue weighted by Gasteiger charge is 2.54. The molecule has 4 fully saturated rings. The first-order chi connectivity index (χ1) is 9.59. The van der Waals surface area contributed by atoms with E-state index in [0.29, 0.717) is 11.5 Å². The van der Waals surface area contributed by atoms with Gasteiger partial charge in [0.1, 0.15) is 0 Å². The first-order valence-electron chi connectivity index (χ1n) is 7.81. The van der Waals surface area contributed by atoms with Gasteiger partial charge in [-0.2, -0.15) is 0 Å². The third kappa shape index (κ3) is 1.70. The maximum Gasteiger partial charge on any atom is 0.213 e. The molecule has 1 heterocycles. The third-order valence-corrected chi connectivity index (χ3v) is 5.73. The summed E-state index contributed by atoms with van der Waals surface area (Å²) in [6, 6.07) is 0. The van der Waals surface area contributed by atoms with Crippen LogP contribution in [0.5, 0.6) is 0 Å². The molecule has 1 aromatic rings. The van der Waals surface area contributed by atoms with Gasteiger partial charge in [0.05, 0.1) is 12.2 Å². The molecule has 108 valence electrons. The number of carbonyl (C=O) groups is 1. The number of aromatic nitrogens is 1. The molecule has 0 radical (unpaired) electrons. The second-order valence-electron chi connectivity index (χ2n) is 7.26. The SMILES string of the molecule is Cc1nc(C23CC4CC(CC(C4)C2)C3)oc1C(=O)CN. The Bertz CT molecular complexity index is 526. The molecular formula is C16H22N2O2. The lowest BCUT2D eigenvalue weighted by Crippen LogP contribution is -2.48. The first-order valence-corrected chi connectivity index (χ1v) is 7.81. The molecular weight excluding hydrogens is 252 g/mol. The van der Waals surface area contributed by atoms with Gasteiger partial charge in [-0.15, -0.1) is 0 Å². The molecule has 0 saturated heterocycles. The van der Waals surface area contributed by atoms with Crippen molar-refractivity contribution in [3.8, 4) is 0 Å². The molecule has 2 N–H and O–H groups in total. The van der Waals surface area contributed by atoms with Gasteiger partial charge < -0.3 is 10.2 Å². The standard InChI is InChI=1S/C16H22N2O2/c1-9-14(13(19)8-17)20-15(18-9)16-5-10-2-11(6-16)4-12(3-10)7-16/h10-12H,2-8,17H2,1H3. The Labute approximate surface area is 119 Å². The number of oxazole rings is 1. The van der Waals surface area contributed by atoms with Crippen LogP contribution < -0.4 is 5.73 Å². The third-order valence-electron chi connectivity index (χ3n) is 5.73. The van der Waals surface area contributed by atoms with Crippen molar-refractivity contribution in [3.05, 3.63) is 17.3 Å². The van der Waals surface area contributed by atoms with E-state index in [1.54, 1.807) is 0 Å². The molecule has 4 aliphatic carbocycles. The molecule has 0 spiro atoms. The number of hydrogen-bond acceptors (Lipinski definition) is 4. The fraction of sp³-hybridized carbons (Fsp3) is 0.750. The van der Waals surface area contributed by atoms with E-state index in [9.17, 15) is 4.79 Å². The van der Waals surface area contributed by atoms with E-state index in [-0.39, 0.29) is 17.7 Å². The van der Waals surface area contributed by atoms with E-state index < -0.39 is 0 Å². The fourth-order valence-corrected chi connectivity index (χ4v) is 5.35. The van der Waals surface area contributed by atoms with E-state index in [0.717, 1.165) is 23.6 Å². The normalized spacial score (nSPS) is 38.4. The maximum absolute atomic E-state index is 11.8. The van der Waals surface area contributed by atoms with Crippen LogP contribution in [-0.2, 0) is 5.41 Å². The molecule has 1 aromatic heterocycles. The lowest BCUT2D eigenvalue weighted by Gasteiger charge is -2.55. The zero-order valence-corrected chi connectivity index (χ0v) is 12.0. The van der Waals surface area contributed by atoms with Crippen molar-refractivity contribution in [3.63, 3.8) is 0 Å². The molecule has 0 unspecified atom stereocenters. The van der Waals surface area contributed by atoms with Gasteiger partial charge in [0.15, 0.2) is 5.76 Å². The Kier molecular flexibility index (Phi) is 2.62. The van der Waals surface area contributed by atoms with Crippen LogP contribution in [0.25, 0.3) is 0 Å². The zero-order valence-electron chi connectivity index (χ0n) is 12.0. The van der Waals surface area contributed by atoms with Crippen LogP contribution in [0.2, 0.25) is 0 Å². The van der Waals surface area contributed by atoms with Crippen molar-refractivity contribution >= 4 is 5.78 Å². The summed E-state index contributed by atoms with van der Waals surface area (Å²) < 4.78 is 5.91. The number of nitrogens with two attached hydrogens (primary N) is 1. The summed E-state index contributed by atoms with van der Waals surface area (Å²) in [7, 11) is 0. The van der Waals surface area contributed by atoms with Crippen molar-refractivity contribution in [1.82, 2.24) is 4.98 Å². The average molecular weight is 274 g/mol. The molecule has 4 heteroatoms. The minimum atomic E-state index is -0.133. The first kappa shape index (κ1) is 12.6. The van der Waals surface area contributed by atoms with E-state index in [1.165, 1.54) is 38.5 Å². The van der Waals surface area contributed by atoms with Gasteiger partial charge in [-0.05, 0) is 63.2 Å². The predicted molar refractivity (Wildman–Crippen MR) is 74.5 cm³/mol. The van der Waals surface area contributed by atoms with Gasteiger partial charge in [0.25, 0.3) is 0 Å². The minimum absolute atomic E-state index is 0.00362. The van der Waals surface area contributed by atoms with E-state index in [2.05, 4.69) is 4.98 Å². The Morgan fingerprint density at radius 1 is 1.25 bits per heavy atom. The van der Waals surface area contributed by atoms with Crippen molar-refractivity contribution in [1.29, 1.82) is 0 Å². The Balaban J connectivity index is 1.72. The molecule has 5 rings (SSSR count). The Morgan fingerprint density at radius 3 is 2.30 bits per heavy atom. The van der Waals surface area contributed by atoms with E-state index in [4.69, 9.17) is 10.2 Å². The second kappa shape index (κ2) is 4.17. The summed E-state index contributed by atoms with van der Waals surface area (Å²) in [4.78, 5) is 16.4. The summed E-state index contributed by atoms with van der Waals surface area (Å²) in [6.07, 6.45) is 7.80. The van der Waals surface area contributed by atoms with Crippen molar-refractivity contribution < 1.29 is 9.21 Å². The number of ketones is 1. The van der Waals surface area contributed by atoms with Gasteiger partial charge in [-0.25, -0.2) is 4.98 Å². The van der Waals surface area contributed by atoms with Crippen LogP contribution >= 0.6 is 0 Å². The monoisotopic (exact) mass is 274 g/mol. The number of aryl methyl sites for hydroxylation is 1. The molecule has 0 aliphatic heterocycles. The molecule has 20 heavy (non-hydrogen) atoms. The van der Waals surface area contributed by atoms with Crippen LogP contribution in [0.15, 0.2) is 4.42 Å². The van der Waals surface area contributed by atoms with Gasteiger partial charge in [0, 0.05) is 5.41 Å². The summed E-state index contributed by atoms with van der Waals surface area (Å²) in [6.45, 7) is 1.85. The van der Waals surface area contributed by atoms with Gasteiger partial charge in [0.2, 0.25) is 11.7 Å². The average Bonchev–Trinajstić information content (AvgIpc) is 2.79.